The first-order chi connectivity index (χ1) is 7.68. The van der Waals surface area contributed by atoms with E-state index >= 15 is 0 Å². The number of carbonyl (C=O) groups excluding carboxylic acids is 1. The predicted molar refractivity (Wildman–Crippen MR) is 82.5 cm³/mol. The summed E-state index contributed by atoms with van der Waals surface area (Å²) in [5.74, 6) is 0.152. The van der Waals surface area contributed by atoms with Crippen LogP contribution in [0.5, 0.6) is 0 Å². The average molecular weight is 432 g/mol. The zero-order valence-electron chi connectivity index (χ0n) is 8.13. The van der Waals surface area contributed by atoms with Crippen molar-refractivity contribution in [3.05, 3.63) is 54.2 Å². The highest BCUT2D eigenvalue weighted by atomic mass is 127. The summed E-state index contributed by atoms with van der Waals surface area (Å²) in [6.07, 6.45) is 4.09. The molecule has 2 aliphatic rings. The Morgan fingerprint density at radius 1 is 0.938 bits per heavy atom. The van der Waals surface area contributed by atoms with E-state index in [4.69, 9.17) is 0 Å². The first kappa shape index (κ1) is 10.7. The number of Topliss-reactive ketones (excluding diaryl/α,β-unsaturated/α-hetero) is 1. The lowest BCUT2D eigenvalue weighted by Gasteiger charge is -2.12. The Kier molecular flexibility index (Phi) is 2.54. The van der Waals surface area contributed by atoms with E-state index in [9.17, 15) is 4.79 Å². The summed E-state index contributed by atoms with van der Waals surface area (Å²) >= 11 is 4.34. The van der Waals surface area contributed by atoms with Crippen molar-refractivity contribution in [1.82, 2.24) is 0 Å². The second-order valence-corrected chi connectivity index (χ2v) is 5.94. The number of hydrogen-bond acceptors (Lipinski definition) is 1. The third kappa shape index (κ3) is 1.44. The summed E-state index contributed by atoms with van der Waals surface area (Å²) in [7, 11) is 0. The molecule has 78 valence electrons. The molecular formula is C13H6I2O. The molecule has 0 aromatic heterocycles. The van der Waals surface area contributed by atoms with Gasteiger partial charge in [0.2, 0.25) is 5.78 Å². The molecule has 16 heavy (non-hydrogen) atoms. The summed E-state index contributed by atoms with van der Waals surface area (Å²) in [6, 6.07) is 8.13. The summed E-state index contributed by atoms with van der Waals surface area (Å²) in [4.78, 5) is 12.1. The number of ketones is 1. The first-order valence-electron chi connectivity index (χ1n) is 4.81. The molecule has 0 spiro atoms. The Morgan fingerprint density at radius 3 is 2.50 bits per heavy atom. The van der Waals surface area contributed by atoms with Gasteiger partial charge in [0, 0.05) is 9.15 Å². The molecule has 0 radical (unpaired) electrons. The van der Waals surface area contributed by atoms with Gasteiger partial charge in [0.25, 0.3) is 0 Å². The van der Waals surface area contributed by atoms with Gasteiger partial charge in [0.15, 0.2) is 0 Å². The molecule has 0 bridgehead atoms. The smallest absolute Gasteiger partial charge is 0.200 e. The molecule has 3 rings (SSSR count). The van der Waals surface area contributed by atoms with Crippen LogP contribution in [0.15, 0.2) is 43.1 Å². The van der Waals surface area contributed by atoms with Gasteiger partial charge in [0.1, 0.15) is 0 Å². The number of halogens is 2. The highest BCUT2D eigenvalue weighted by Crippen LogP contribution is 2.43. The van der Waals surface area contributed by atoms with Crippen molar-refractivity contribution in [3.8, 4) is 0 Å². The third-order valence-corrected chi connectivity index (χ3v) is 5.72. The van der Waals surface area contributed by atoms with Crippen LogP contribution in [0.1, 0.15) is 11.1 Å². The maximum absolute atomic E-state index is 12.1. The largest absolute Gasteiger partial charge is 0.288 e. The van der Waals surface area contributed by atoms with Crippen molar-refractivity contribution < 1.29 is 4.79 Å². The van der Waals surface area contributed by atoms with Gasteiger partial charge in [-0.25, -0.2) is 0 Å². The van der Waals surface area contributed by atoms with E-state index in [0.29, 0.717) is 0 Å². The molecule has 0 amide bonds. The van der Waals surface area contributed by atoms with E-state index in [1.54, 1.807) is 0 Å². The fourth-order valence-electron chi connectivity index (χ4n) is 2.01. The maximum atomic E-state index is 12.1. The Labute approximate surface area is 121 Å². The maximum Gasteiger partial charge on any atom is 0.200 e. The topological polar surface area (TPSA) is 17.1 Å². The van der Waals surface area contributed by atoms with Gasteiger partial charge in [-0.05, 0) is 74.0 Å². The van der Waals surface area contributed by atoms with E-state index in [-0.39, 0.29) is 5.78 Å². The lowest BCUT2D eigenvalue weighted by molar-refractivity contribution is -0.111. The van der Waals surface area contributed by atoms with Crippen LogP contribution in [0.2, 0.25) is 0 Å². The Hall–Kier alpha value is -0.430. The normalized spacial score (nSPS) is 18.0. The van der Waals surface area contributed by atoms with E-state index in [1.807, 2.05) is 18.2 Å². The molecule has 1 nitrogen and oxygen atoms in total. The monoisotopic (exact) mass is 432 g/mol. The molecule has 3 heteroatoms. The Morgan fingerprint density at radius 2 is 1.69 bits per heavy atom. The summed E-state index contributed by atoms with van der Waals surface area (Å²) in [6.45, 7) is 0. The lowest BCUT2D eigenvalue weighted by atomic mass is 9.96. The minimum absolute atomic E-state index is 0.152. The summed E-state index contributed by atoms with van der Waals surface area (Å²) < 4.78 is 1.85. The van der Waals surface area contributed by atoms with E-state index in [0.717, 1.165) is 23.9 Å². The Balaban J connectivity index is 2.28. The van der Waals surface area contributed by atoms with Gasteiger partial charge in [-0.3, -0.25) is 4.79 Å². The zero-order chi connectivity index (χ0) is 11.3. The predicted octanol–water partition coefficient (Wildman–Crippen LogP) is 4.13. The van der Waals surface area contributed by atoms with Crippen molar-refractivity contribution in [2.45, 2.75) is 0 Å². The number of carbonyl (C=O) groups is 1. The van der Waals surface area contributed by atoms with E-state index in [2.05, 4.69) is 63.4 Å². The van der Waals surface area contributed by atoms with Crippen molar-refractivity contribution >= 4 is 62.6 Å². The first-order valence-corrected chi connectivity index (χ1v) is 6.97. The number of hydrogen-bond donors (Lipinski definition) is 0. The average Bonchev–Trinajstić information content (AvgIpc) is 2.65. The molecule has 0 saturated carbocycles. The standard InChI is InChI=1S/C13H6I2O/c14-11-6-9-8-4-2-1-3-7(8)5-10(9)13(16)12(11)15/h1-6H. The molecule has 2 aliphatic carbocycles. The molecule has 0 N–H and O–H groups in total. The van der Waals surface area contributed by atoms with E-state index < -0.39 is 0 Å². The highest BCUT2D eigenvalue weighted by molar-refractivity contribution is 14.1. The molecule has 0 atom stereocenters. The van der Waals surface area contributed by atoms with Crippen LogP contribution in [-0.4, -0.2) is 5.78 Å². The number of benzene rings is 1. The lowest BCUT2D eigenvalue weighted by Crippen LogP contribution is -2.06. The van der Waals surface area contributed by atoms with Crippen LogP contribution in [0, 0.1) is 0 Å². The minimum atomic E-state index is 0.152. The van der Waals surface area contributed by atoms with Crippen LogP contribution in [-0.2, 0) is 4.79 Å². The fraction of sp³-hybridized carbons (Fsp3) is 0. The minimum Gasteiger partial charge on any atom is -0.288 e. The van der Waals surface area contributed by atoms with Crippen LogP contribution in [0.4, 0.5) is 0 Å². The second kappa shape index (κ2) is 3.80. The highest BCUT2D eigenvalue weighted by Gasteiger charge is 2.29. The van der Waals surface area contributed by atoms with Crippen LogP contribution in [0.3, 0.4) is 0 Å². The van der Waals surface area contributed by atoms with Gasteiger partial charge >= 0.3 is 0 Å². The fourth-order valence-corrected chi connectivity index (χ4v) is 3.01. The van der Waals surface area contributed by atoms with Crippen LogP contribution >= 0.6 is 45.2 Å². The summed E-state index contributed by atoms with van der Waals surface area (Å²) in [5.41, 5.74) is 4.23. The summed E-state index contributed by atoms with van der Waals surface area (Å²) in [5, 5.41) is 0. The van der Waals surface area contributed by atoms with E-state index in [1.165, 1.54) is 5.56 Å². The Bertz CT molecular complexity index is 606. The molecular weight excluding hydrogens is 426 g/mol. The molecule has 0 saturated heterocycles. The van der Waals surface area contributed by atoms with Gasteiger partial charge in [0.05, 0.1) is 3.58 Å². The number of rotatable bonds is 0. The number of allylic oxidation sites excluding steroid dienone is 5. The third-order valence-electron chi connectivity index (χ3n) is 2.77. The van der Waals surface area contributed by atoms with Crippen molar-refractivity contribution in [3.63, 3.8) is 0 Å². The van der Waals surface area contributed by atoms with Gasteiger partial charge < -0.3 is 0 Å². The SMILES string of the molecule is O=C1C2=Cc3ccccc3C2=CC(I)=C1I. The van der Waals surface area contributed by atoms with Gasteiger partial charge in [-0.1, -0.05) is 24.3 Å². The zero-order valence-corrected chi connectivity index (χ0v) is 12.4. The molecule has 1 aromatic carbocycles. The van der Waals surface area contributed by atoms with Crippen LogP contribution < -0.4 is 0 Å². The number of fused-ring (bicyclic) bond motifs is 3. The molecule has 0 fully saturated rings. The van der Waals surface area contributed by atoms with Gasteiger partial charge in [-0.2, -0.15) is 0 Å². The molecule has 0 heterocycles. The van der Waals surface area contributed by atoms with Crippen molar-refractivity contribution in [2.75, 3.05) is 0 Å². The van der Waals surface area contributed by atoms with Crippen molar-refractivity contribution in [1.29, 1.82) is 0 Å². The molecule has 0 unspecified atom stereocenters. The second-order valence-electron chi connectivity index (χ2n) is 3.69. The molecule has 1 aromatic rings. The quantitative estimate of drug-likeness (QED) is 0.564. The van der Waals surface area contributed by atoms with Gasteiger partial charge in [-0.15, -0.1) is 0 Å². The van der Waals surface area contributed by atoms with Crippen molar-refractivity contribution in [2.24, 2.45) is 0 Å². The molecule has 0 aliphatic heterocycles. The van der Waals surface area contributed by atoms with Crippen LogP contribution in [0.25, 0.3) is 11.6 Å².